The quantitative estimate of drug-likeness (QED) is 0.890. The van der Waals surface area contributed by atoms with Crippen LogP contribution in [0, 0.1) is 6.92 Å². The van der Waals surface area contributed by atoms with Gasteiger partial charge in [-0.25, -0.2) is 13.1 Å². The number of rotatable bonds is 5. The molecule has 1 aliphatic carbocycles. The molecule has 1 fully saturated rings. The minimum Gasteiger partial charge on any atom is -0.268 e. The average Bonchev–Trinajstić information content (AvgIpc) is 2.94. The Bertz CT molecular complexity index is 501. The molecule has 1 saturated carbocycles. The highest BCUT2D eigenvalue weighted by Gasteiger charge is 2.24. The number of aromatic nitrogens is 2. The zero-order valence-electron chi connectivity index (χ0n) is 11.0. The first-order valence-corrected chi connectivity index (χ1v) is 8.08. The number of aryl methyl sites for hydroxylation is 1. The summed E-state index contributed by atoms with van der Waals surface area (Å²) in [4.78, 5) is 0.322. The molecule has 5 nitrogen and oxygen atoms in total. The Morgan fingerprint density at radius 3 is 2.72 bits per heavy atom. The molecule has 0 aromatic carbocycles. The molecule has 0 radical (unpaired) electrons. The predicted molar refractivity (Wildman–Crippen MR) is 69.9 cm³/mol. The summed E-state index contributed by atoms with van der Waals surface area (Å²) in [5.74, 6) is 0. The molecule has 18 heavy (non-hydrogen) atoms. The number of hydrogen-bond acceptors (Lipinski definition) is 3. The lowest BCUT2D eigenvalue weighted by Gasteiger charge is -2.08. The topological polar surface area (TPSA) is 64.0 Å². The van der Waals surface area contributed by atoms with E-state index >= 15 is 0 Å². The summed E-state index contributed by atoms with van der Waals surface area (Å²) in [5.41, 5.74) is 0.588. The van der Waals surface area contributed by atoms with E-state index in [0.717, 1.165) is 19.3 Å². The fourth-order valence-corrected chi connectivity index (χ4v) is 3.70. The monoisotopic (exact) mass is 271 g/mol. The molecular weight excluding hydrogens is 250 g/mol. The van der Waals surface area contributed by atoms with Crippen molar-refractivity contribution >= 4 is 10.0 Å². The van der Waals surface area contributed by atoms with Crippen molar-refractivity contribution in [2.24, 2.45) is 0 Å². The van der Waals surface area contributed by atoms with Crippen LogP contribution in [0.2, 0.25) is 0 Å². The average molecular weight is 271 g/mol. The van der Waals surface area contributed by atoms with Crippen LogP contribution in [0.4, 0.5) is 0 Å². The molecule has 102 valence electrons. The van der Waals surface area contributed by atoms with Crippen LogP contribution >= 0.6 is 0 Å². The molecule has 0 unspecified atom stereocenters. The van der Waals surface area contributed by atoms with E-state index in [1.165, 1.54) is 12.8 Å². The van der Waals surface area contributed by atoms with Gasteiger partial charge >= 0.3 is 0 Å². The van der Waals surface area contributed by atoms with Gasteiger partial charge in [-0.05, 0) is 26.2 Å². The summed E-state index contributed by atoms with van der Waals surface area (Å²) in [5, 5.41) is 4.36. The van der Waals surface area contributed by atoms with Gasteiger partial charge in [-0.2, -0.15) is 5.10 Å². The van der Waals surface area contributed by atoms with E-state index in [0.29, 0.717) is 23.2 Å². The second-order valence-electron chi connectivity index (χ2n) is 4.89. The Hall–Kier alpha value is -0.880. The lowest BCUT2D eigenvalue weighted by molar-refractivity contribution is 0.464. The van der Waals surface area contributed by atoms with Gasteiger partial charge in [0.25, 0.3) is 0 Å². The van der Waals surface area contributed by atoms with Gasteiger partial charge in [0.05, 0.1) is 11.7 Å². The smallest absolute Gasteiger partial charge is 0.243 e. The molecule has 0 amide bonds. The van der Waals surface area contributed by atoms with Gasteiger partial charge in [-0.15, -0.1) is 0 Å². The maximum Gasteiger partial charge on any atom is 0.243 e. The Balaban J connectivity index is 2.23. The van der Waals surface area contributed by atoms with Crippen molar-refractivity contribution in [3.8, 4) is 0 Å². The molecule has 6 heteroatoms. The Labute approximate surface area is 109 Å². The van der Waals surface area contributed by atoms with Crippen LogP contribution in [0.5, 0.6) is 0 Å². The highest BCUT2D eigenvalue weighted by atomic mass is 32.2. The summed E-state index contributed by atoms with van der Waals surface area (Å²) < 4.78 is 28.6. The van der Waals surface area contributed by atoms with E-state index in [2.05, 4.69) is 9.82 Å². The molecule has 1 aliphatic rings. The summed E-state index contributed by atoms with van der Waals surface area (Å²) in [7, 11) is -3.40. The predicted octanol–water partition coefficient (Wildman–Crippen LogP) is 1.99. The fraction of sp³-hybridized carbons (Fsp3) is 0.750. The van der Waals surface area contributed by atoms with Crippen LogP contribution in [0.1, 0.15) is 50.8 Å². The minimum absolute atomic E-state index is 0.322. The SMILES string of the molecule is CCCNS(=O)(=O)c1cn(C2CCCC2)nc1C. The van der Waals surface area contributed by atoms with Crippen molar-refractivity contribution < 1.29 is 8.42 Å². The van der Waals surface area contributed by atoms with Gasteiger partial charge in [0, 0.05) is 12.7 Å². The highest BCUT2D eigenvalue weighted by molar-refractivity contribution is 7.89. The molecule has 1 heterocycles. The number of sulfonamides is 1. The van der Waals surface area contributed by atoms with Crippen LogP contribution in [0.15, 0.2) is 11.1 Å². The first kappa shape index (κ1) is 13.5. The number of hydrogen-bond donors (Lipinski definition) is 1. The van der Waals surface area contributed by atoms with E-state index in [9.17, 15) is 8.42 Å². The van der Waals surface area contributed by atoms with Gasteiger partial charge in [0.15, 0.2) is 0 Å². The third-order valence-corrected chi connectivity index (χ3v) is 4.97. The van der Waals surface area contributed by atoms with Crippen molar-refractivity contribution in [2.75, 3.05) is 6.54 Å². The molecule has 1 aromatic heterocycles. The van der Waals surface area contributed by atoms with Crippen LogP contribution in [0.3, 0.4) is 0 Å². The third-order valence-electron chi connectivity index (χ3n) is 3.40. The van der Waals surface area contributed by atoms with E-state index in [1.54, 1.807) is 13.1 Å². The maximum atomic E-state index is 12.1. The lowest BCUT2D eigenvalue weighted by atomic mass is 10.3. The van der Waals surface area contributed by atoms with Crippen LogP contribution in [-0.2, 0) is 10.0 Å². The lowest BCUT2D eigenvalue weighted by Crippen LogP contribution is -2.24. The van der Waals surface area contributed by atoms with Crippen LogP contribution < -0.4 is 4.72 Å². The van der Waals surface area contributed by atoms with Gasteiger partial charge < -0.3 is 0 Å². The van der Waals surface area contributed by atoms with E-state index in [-0.39, 0.29) is 0 Å². The van der Waals surface area contributed by atoms with Crippen LogP contribution in [-0.4, -0.2) is 24.7 Å². The molecule has 1 N–H and O–H groups in total. The summed E-state index contributed by atoms with van der Waals surface area (Å²) in [6.45, 7) is 4.17. The molecule has 2 rings (SSSR count). The maximum absolute atomic E-state index is 12.1. The second kappa shape index (κ2) is 5.40. The van der Waals surface area contributed by atoms with Gasteiger partial charge in [-0.3, -0.25) is 4.68 Å². The summed E-state index contributed by atoms with van der Waals surface area (Å²) in [6.07, 6.45) is 7.09. The largest absolute Gasteiger partial charge is 0.268 e. The van der Waals surface area contributed by atoms with Crippen molar-refractivity contribution in [2.45, 2.75) is 56.9 Å². The fourth-order valence-electron chi connectivity index (χ4n) is 2.40. The van der Waals surface area contributed by atoms with E-state index < -0.39 is 10.0 Å². The molecule has 0 aliphatic heterocycles. The number of nitrogens with zero attached hydrogens (tertiary/aromatic N) is 2. The normalized spacial score (nSPS) is 17.4. The Kier molecular flexibility index (Phi) is 4.07. The molecule has 0 saturated heterocycles. The highest BCUT2D eigenvalue weighted by Crippen LogP contribution is 2.30. The molecular formula is C12H21N3O2S. The molecule has 0 bridgehead atoms. The van der Waals surface area contributed by atoms with Crippen molar-refractivity contribution in [1.29, 1.82) is 0 Å². The van der Waals surface area contributed by atoms with Crippen molar-refractivity contribution in [3.05, 3.63) is 11.9 Å². The summed E-state index contributed by atoms with van der Waals surface area (Å²) >= 11 is 0. The van der Waals surface area contributed by atoms with Gasteiger partial charge in [-0.1, -0.05) is 19.8 Å². The van der Waals surface area contributed by atoms with Crippen molar-refractivity contribution in [3.63, 3.8) is 0 Å². The molecule has 0 atom stereocenters. The first-order valence-electron chi connectivity index (χ1n) is 6.60. The molecule has 0 spiro atoms. The first-order chi connectivity index (χ1) is 8.54. The van der Waals surface area contributed by atoms with Gasteiger partial charge in [0.2, 0.25) is 10.0 Å². The zero-order valence-corrected chi connectivity index (χ0v) is 11.8. The van der Waals surface area contributed by atoms with Crippen LogP contribution in [0.25, 0.3) is 0 Å². The zero-order chi connectivity index (χ0) is 13.2. The minimum atomic E-state index is -3.40. The van der Waals surface area contributed by atoms with Gasteiger partial charge in [0.1, 0.15) is 4.90 Å². The van der Waals surface area contributed by atoms with Crippen molar-refractivity contribution in [1.82, 2.24) is 14.5 Å². The summed E-state index contributed by atoms with van der Waals surface area (Å²) in [6, 6.07) is 0.374. The second-order valence-corrected chi connectivity index (χ2v) is 6.63. The number of nitrogens with one attached hydrogen (secondary N) is 1. The van der Waals surface area contributed by atoms with E-state index in [1.807, 2.05) is 11.6 Å². The molecule has 1 aromatic rings. The van der Waals surface area contributed by atoms with E-state index in [4.69, 9.17) is 0 Å². The standard InChI is InChI=1S/C12H21N3O2S/c1-3-8-13-18(16,17)12-9-15(14-10(12)2)11-6-4-5-7-11/h9,11,13H,3-8H2,1-2H3. The Morgan fingerprint density at radius 1 is 1.44 bits per heavy atom. The Morgan fingerprint density at radius 2 is 2.11 bits per heavy atom. The third kappa shape index (κ3) is 2.75.